The van der Waals surface area contributed by atoms with Gasteiger partial charge in [-0.25, -0.2) is 0 Å². The summed E-state index contributed by atoms with van der Waals surface area (Å²) in [6.45, 7) is 1.21. The van der Waals surface area contributed by atoms with E-state index in [0.29, 0.717) is 0 Å². The molecule has 1 aliphatic carbocycles. The van der Waals surface area contributed by atoms with Crippen LogP contribution >= 0.6 is 69.6 Å². The van der Waals surface area contributed by atoms with Crippen molar-refractivity contribution in [1.29, 1.82) is 0 Å². The third kappa shape index (κ3) is 4.44. The van der Waals surface area contributed by atoms with Crippen LogP contribution in [0.3, 0.4) is 0 Å². The SMILES string of the molecule is CCF.Cl[C@H]1[C@H](Cl)[C@@H](Cl)[C@@H](Cl)[C@H](Cl)[C@H]1Cl. The minimum absolute atomic E-state index is 0.250. The summed E-state index contributed by atoms with van der Waals surface area (Å²) in [4.78, 5) is 0. The maximum Gasteiger partial charge on any atom is 0.0866 e. The molecule has 1 aliphatic rings. The van der Waals surface area contributed by atoms with Gasteiger partial charge in [-0.3, -0.25) is 4.39 Å². The number of alkyl halides is 7. The van der Waals surface area contributed by atoms with Crippen LogP contribution in [0.15, 0.2) is 0 Å². The normalized spacial score (nSPS) is 45.6. The van der Waals surface area contributed by atoms with E-state index in [1.165, 1.54) is 6.92 Å². The number of halogens is 7. The predicted molar refractivity (Wildman–Crippen MR) is 69.5 cm³/mol. The fourth-order valence-corrected chi connectivity index (χ4v) is 3.38. The van der Waals surface area contributed by atoms with Crippen LogP contribution in [-0.4, -0.2) is 38.9 Å². The van der Waals surface area contributed by atoms with Gasteiger partial charge in [0.2, 0.25) is 0 Å². The molecular formula is C8H11Cl6F. The molecule has 7 heteroatoms. The van der Waals surface area contributed by atoms with Crippen molar-refractivity contribution in [2.45, 2.75) is 39.2 Å². The Morgan fingerprint density at radius 1 is 0.667 bits per heavy atom. The lowest BCUT2D eigenvalue weighted by molar-refractivity contribution is 0.527. The average Bonchev–Trinajstić information content (AvgIpc) is 2.22. The van der Waals surface area contributed by atoms with Gasteiger partial charge in [-0.1, -0.05) is 0 Å². The quantitative estimate of drug-likeness (QED) is 0.565. The topological polar surface area (TPSA) is 0 Å². The summed E-state index contributed by atoms with van der Waals surface area (Å²) in [7, 11) is 0. The second-order valence-corrected chi connectivity index (χ2v) is 5.96. The van der Waals surface area contributed by atoms with E-state index in [1.807, 2.05) is 0 Å². The van der Waals surface area contributed by atoms with Gasteiger partial charge in [0, 0.05) is 0 Å². The Morgan fingerprint density at radius 3 is 0.800 bits per heavy atom. The van der Waals surface area contributed by atoms with Gasteiger partial charge in [0.15, 0.2) is 0 Å². The monoisotopic (exact) mass is 336 g/mol. The minimum atomic E-state index is -0.437. The zero-order chi connectivity index (χ0) is 12.2. The lowest BCUT2D eigenvalue weighted by Crippen LogP contribution is -2.52. The van der Waals surface area contributed by atoms with Crippen LogP contribution < -0.4 is 0 Å². The Hall–Kier alpha value is 1.67. The van der Waals surface area contributed by atoms with Crippen molar-refractivity contribution in [3.05, 3.63) is 0 Å². The summed E-state index contributed by atoms with van der Waals surface area (Å²) >= 11 is 35.3. The predicted octanol–water partition coefficient (Wildman–Crippen LogP) is 4.62. The maximum absolute atomic E-state index is 10.3. The van der Waals surface area contributed by atoms with Gasteiger partial charge in [-0.05, 0) is 6.92 Å². The van der Waals surface area contributed by atoms with Crippen LogP contribution in [-0.2, 0) is 0 Å². The van der Waals surface area contributed by atoms with Crippen molar-refractivity contribution < 1.29 is 4.39 Å². The lowest BCUT2D eigenvalue weighted by atomic mass is 9.97. The molecule has 0 amide bonds. The van der Waals surface area contributed by atoms with Gasteiger partial charge in [-0.2, -0.15) is 0 Å². The molecule has 0 atom stereocenters. The first-order valence-electron chi connectivity index (χ1n) is 4.28. The Labute approximate surface area is 119 Å². The van der Waals surface area contributed by atoms with E-state index < -0.39 is 32.3 Å². The molecule has 0 heterocycles. The van der Waals surface area contributed by atoms with E-state index in [0.717, 1.165) is 0 Å². The lowest BCUT2D eigenvalue weighted by Gasteiger charge is -2.37. The van der Waals surface area contributed by atoms with E-state index >= 15 is 0 Å². The first-order chi connectivity index (χ1) is 6.88. The molecule has 0 spiro atoms. The summed E-state index contributed by atoms with van der Waals surface area (Å²) in [6.07, 6.45) is 0. The fourth-order valence-electron chi connectivity index (χ4n) is 1.05. The van der Waals surface area contributed by atoms with Crippen molar-refractivity contribution in [1.82, 2.24) is 0 Å². The Kier molecular flexibility index (Phi) is 8.77. The molecule has 1 saturated carbocycles. The summed E-state index contributed by atoms with van der Waals surface area (Å²) in [5.74, 6) is 0. The van der Waals surface area contributed by atoms with Crippen molar-refractivity contribution >= 4 is 69.6 Å². The molecule has 1 rings (SSSR count). The van der Waals surface area contributed by atoms with E-state index in [4.69, 9.17) is 69.6 Å². The molecule has 0 unspecified atom stereocenters. The van der Waals surface area contributed by atoms with Gasteiger partial charge in [0.05, 0.1) is 38.9 Å². The molecule has 0 aromatic carbocycles. The molecule has 0 bridgehead atoms. The van der Waals surface area contributed by atoms with Crippen molar-refractivity contribution in [3.8, 4) is 0 Å². The van der Waals surface area contributed by atoms with Gasteiger partial charge < -0.3 is 0 Å². The van der Waals surface area contributed by atoms with Gasteiger partial charge in [0.1, 0.15) is 0 Å². The van der Waals surface area contributed by atoms with E-state index in [9.17, 15) is 4.39 Å². The first kappa shape index (κ1) is 16.7. The Balaban J connectivity index is 0.000000583. The highest BCUT2D eigenvalue weighted by molar-refractivity contribution is 6.45. The molecule has 0 aliphatic heterocycles. The van der Waals surface area contributed by atoms with Crippen LogP contribution in [0.1, 0.15) is 6.92 Å². The molecule has 1 fully saturated rings. The smallest absolute Gasteiger partial charge is 0.0866 e. The fraction of sp³-hybridized carbons (Fsp3) is 1.00. The van der Waals surface area contributed by atoms with Crippen molar-refractivity contribution in [2.75, 3.05) is 6.67 Å². The third-order valence-electron chi connectivity index (χ3n) is 1.83. The van der Waals surface area contributed by atoms with Gasteiger partial charge >= 0.3 is 0 Å². The number of rotatable bonds is 0. The zero-order valence-corrected chi connectivity index (χ0v) is 12.4. The molecule has 0 saturated heterocycles. The highest BCUT2D eigenvalue weighted by Crippen LogP contribution is 2.39. The van der Waals surface area contributed by atoms with E-state index in [1.54, 1.807) is 0 Å². The summed E-state index contributed by atoms with van der Waals surface area (Å²) < 4.78 is 10.3. The molecule has 0 N–H and O–H groups in total. The molecule has 0 nitrogen and oxygen atoms in total. The Bertz CT molecular complexity index is 122. The molecule has 0 aromatic heterocycles. The van der Waals surface area contributed by atoms with Crippen LogP contribution in [0.2, 0.25) is 0 Å². The van der Waals surface area contributed by atoms with E-state index in [-0.39, 0.29) is 6.67 Å². The molecule has 15 heavy (non-hydrogen) atoms. The minimum Gasteiger partial charge on any atom is -0.251 e. The Morgan fingerprint density at radius 2 is 0.733 bits per heavy atom. The average molecular weight is 339 g/mol. The molecular weight excluding hydrogens is 328 g/mol. The van der Waals surface area contributed by atoms with Crippen molar-refractivity contribution in [2.24, 2.45) is 0 Å². The van der Waals surface area contributed by atoms with Crippen LogP contribution in [0.4, 0.5) is 4.39 Å². The molecule has 0 aromatic rings. The second-order valence-electron chi connectivity index (χ2n) is 2.93. The highest BCUT2D eigenvalue weighted by Gasteiger charge is 2.46. The molecule has 0 radical (unpaired) electrons. The highest BCUT2D eigenvalue weighted by atomic mass is 35.5. The van der Waals surface area contributed by atoms with Crippen LogP contribution in [0.5, 0.6) is 0 Å². The zero-order valence-electron chi connectivity index (χ0n) is 7.82. The number of hydrogen-bond donors (Lipinski definition) is 0. The van der Waals surface area contributed by atoms with Crippen molar-refractivity contribution in [3.63, 3.8) is 0 Å². The first-order valence-corrected chi connectivity index (χ1v) is 6.90. The largest absolute Gasteiger partial charge is 0.251 e. The van der Waals surface area contributed by atoms with Crippen LogP contribution in [0, 0.1) is 0 Å². The summed E-state index contributed by atoms with van der Waals surface area (Å²) in [5.41, 5.74) is 0. The second kappa shape index (κ2) is 7.89. The standard InChI is InChI=1S/C6H6Cl6.C2H5F/c7-1-2(8)4(10)6(12)5(11)3(1)9;1-2-3/h1-6H;2H2,1H3/t1-,2-,3-,4+,5+,6+;. The maximum atomic E-state index is 10.3. The van der Waals surface area contributed by atoms with Gasteiger partial charge in [0.25, 0.3) is 0 Å². The van der Waals surface area contributed by atoms with Gasteiger partial charge in [-0.15, -0.1) is 69.6 Å². The molecule has 92 valence electrons. The summed E-state index contributed by atoms with van der Waals surface area (Å²) in [6, 6.07) is 0. The van der Waals surface area contributed by atoms with Crippen LogP contribution in [0.25, 0.3) is 0 Å². The number of hydrogen-bond acceptors (Lipinski definition) is 0. The third-order valence-corrected chi connectivity index (χ3v) is 5.86. The van der Waals surface area contributed by atoms with E-state index in [2.05, 4.69) is 0 Å². The summed E-state index contributed by atoms with van der Waals surface area (Å²) in [5, 5.41) is -2.62.